The first-order valence-corrected chi connectivity index (χ1v) is 6.75. The number of fused-ring (bicyclic) bond motifs is 1. The van der Waals surface area contributed by atoms with E-state index in [2.05, 4.69) is 18.7 Å². The number of allylic oxidation sites excluding steroid dienone is 1. The predicted octanol–water partition coefficient (Wildman–Crippen LogP) is 3.66. The van der Waals surface area contributed by atoms with Crippen LogP contribution in [0.5, 0.6) is 0 Å². The molecule has 0 unspecified atom stereocenters. The predicted molar refractivity (Wildman–Crippen MR) is 81.9 cm³/mol. The highest BCUT2D eigenvalue weighted by atomic mass is 16.1. The van der Waals surface area contributed by atoms with Crippen LogP contribution in [0.15, 0.2) is 49.1 Å². The molecule has 0 aliphatic rings. The van der Waals surface area contributed by atoms with Gasteiger partial charge in [-0.1, -0.05) is 43.0 Å². The highest BCUT2D eigenvalue weighted by Crippen LogP contribution is 2.19. The number of Topliss-reactive ketones (excluding diaryl/α,β-unsaturated/α-hetero) is 1. The summed E-state index contributed by atoms with van der Waals surface area (Å²) in [6.45, 7) is 5.08. The van der Waals surface area contributed by atoms with Crippen molar-refractivity contribution in [3.63, 3.8) is 0 Å². The van der Waals surface area contributed by atoms with Crippen LogP contribution >= 0.6 is 0 Å². The zero-order chi connectivity index (χ0) is 14.5. The minimum absolute atomic E-state index is 0.0712. The molecule has 0 aliphatic heterocycles. The minimum atomic E-state index is 0.0712. The molecule has 20 heavy (non-hydrogen) atoms. The molecular formula is C18H18O2. The summed E-state index contributed by atoms with van der Waals surface area (Å²) in [6.07, 6.45) is 3.08. The average Bonchev–Trinajstić information content (AvgIpc) is 2.44. The molecule has 0 aromatic heterocycles. The lowest BCUT2D eigenvalue weighted by Gasteiger charge is -2.05. The smallest absolute Gasteiger partial charge is 0.155 e. The van der Waals surface area contributed by atoms with Crippen molar-refractivity contribution in [1.82, 2.24) is 0 Å². The van der Waals surface area contributed by atoms with Crippen LogP contribution in [0.2, 0.25) is 0 Å². The fraction of sp³-hybridized carbons (Fsp3) is 0.222. The number of benzene rings is 2. The lowest BCUT2D eigenvalue weighted by Crippen LogP contribution is -1.97. The summed E-state index contributed by atoms with van der Waals surface area (Å²) < 4.78 is 0. The first-order valence-electron chi connectivity index (χ1n) is 6.75. The van der Waals surface area contributed by atoms with Gasteiger partial charge in [-0.2, -0.15) is 0 Å². The van der Waals surface area contributed by atoms with Crippen molar-refractivity contribution in [2.75, 3.05) is 0 Å². The van der Waals surface area contributed by atoms with E-state index in [1.54, 1.807) is 6.92 Å². The maximum Gasteiger partial charge on any atom is 0.155 e. The summed E-state index contributed by atoms with van der Waals surface area (Å²) in [5.74, 6) is 0.241. The van der Waals surface area contributed by atoms with E-state index in [0.717, 1.165) is 28.3 Å². The van der Waals surface area contributed by atoms with Gasteiger partial charge in [0, 0.05) is 12.8 Å². The molecule has 0 bridgehead atoms. The van der Waals surface area contributed by atoms with Gasteiger partial charge in [-0.3, -0.25) is 9.59 Å². The molecule has 0 N–H and O–H groups in total. The Morgan fingerprint density at radius 3 is 2.25 bits per heavy atom. The van der Waals surface area contributed by atoms with E-state index in [1.807, 2.05) is 24.3 Å². The van der Waals surface area contributed by atoms with Crippen molar-refractivity contribution in [2.24, 2.45) is 0 Å². The van der Waals surface area contributed by atoms with Crippen LogP contribution in [0.1, 0.15) is 24.5 Å². The molecule has 2 heteroatoms. The van der Waals surface area contributed by atoms with E-state index in [-0.39, 0.29) is 11.6 Å². The largest absolute Gasteiger partial charge is 0.300 e. The molecule has 0 heterocycles. The number of hydrogen-bond acceptors (Lipinski definition) is 2. The number of carbonyl (C=O) groups is 2. The molecule has 0 fully saturated rings. The van der Waals surface area contributed by atoms with Crippen LogP contribution in [-0.4, -0.2) is 11.6 Å². The number of rotatable bonds is 6. The molecule has 0 spiro atoms. The second-order valence-corrected chi connectivity index (χ2v) is 5.07. The third-order valence-electron chi connectivity index (χ3n) is 3.31. The summed E-state index contributed by atoms with van der Waals surface area (Å²) in [7, 11) is 0. The molecule has 0 saturated heterocycles. The molecule has 2 nitrogen and oxygen atoms in total. The lowest BCUT2D eigenvalue weighted by atomic mass is 10.00. The van der Waals surface area contributed by atoms with E-state index < -0.39 is 0 Å². The Labute approximate surface area is 119 Å². The van der Waals surface area contributed by atoms with Crippen LogP contribution < -0.4 is 0 Å². The maximum atomic E-state index is 11.2. The van der Waals surface area contributed by atoms with Gasteiger partial charge in [0.05, 0.1) is 0 Å². The van der Waals surface area contributed by atoms with Crippen molar-refractivity contribution >= 4 is 22.3 Å². The molecule has 2 aromatic rings. The van der Waals surface area contributed by atoms with Gasteiger partial charge in [-0.25, -0.2) is 0 Å². The Kier molecular flexibility index (Phi) is 4.46. The summed E-state index contributed by atoms with van der Waals surface area (Å²) >= 11 is 0. The van der Waals surface area contributed by atoms with Gasteiger partial charge >= 0.3 is 0 Å². The standard InChI is InChI=1S/C18H18O2/c1-3-18(20)9-6-14-4-7-17-12-15(10-13(2)19)5-8-16(17)11-14/h3-5,7-8,11-12H,1,6,9-10H2,2H3. The Bertz CT molecular complexity index is 668. The van der Waals surface area contributed by atoms with Gasteiger partial charge in [0.2, 0.25) is 0 Å². The Balaban J connectivity index is 2.20. The number of carbonyl (C=O) groups excluding carboxylic acids is 2. The monoisotopic (exact) mass is 266 g/mol. The van der Waals surface area contributed by atoms with E-state index in [0.29, 0.717) is 12.8 Å². The van der Waals surface area contributed by atoms with E-state index in [4.69, 9.17) is 0 Å². The van der Waals surface area contributed by atoms with E-state index in [1.165, 1.54) is 6.08 Å². The molecule has 2 rings (SSSR count). The third-order valence-corrected chi connectivity index (χ3v) is 3.31. The van der Waals surface area contributed by atoms with Gasteiger partial charge in [0.1, 0.15) is 5.78 Å². The van der Waals surface area contributed by atoms with Crippen LogP contribution in [0, 0.1) is 0 Å². The van der Waals surface area contributed by atoms with Gasteiger partial charge in [0.15, 0.2) is 5.78 Å². The fourth-order valence-corrected chi connectivity index (χ4v) is 2.27. The quantitative estimate of drug-likeness (QED) is 0.748. The highest BCUT2D eigenvalue weighted by Gasteiger charge is 2.02. The molecule has 0 amide bonds. The summed E-state index contributed by atoms with van der Waals surface area (Å²) in [6, 6.07) is 12.3. The second-order valence-electron chi connectivity index (χ2n) is 5.07. The van der Waals surface area contributed by atoms with Gasteiger partial charge in [0.25, 0.3) is 0 Å². The Morgan fingerprint density at radius 1 is 1.05 bits per heavy atom. The lowest BCUT2D eigenvalue weighted by molar-refractivity contribution is -0.116. The molecular weight excluding hydrogens is 248 g/mol. The van der Waals surface area contributed by atoms with Crippen molar-refractivity contribution in [1.29, 1.82) is 0 Å². The first kappa shape index (κ1) is 14.2. The normalized spacial score (nSPS) is 10.4. The molecule has 102 valence electrons. The molecule has 0 saturated carbocycles. The second kappa shape index (κ2) is 6.29. The molecule has 0 radical (unpaired) electrons. The summed E-state index contributed by atoms with van der Waals surface area (Å²) in [4.78, 5) is 22.4. The summed E-state index contributed by atoms with van der Waals surface area (Å²) in [5, 5.41) is 2.27. The zero-order valence-corrected chi connectivity index (χ0v) is 11.7. The van der Waals surface area contributed by atoms with Crippen molar-refractivity contribution in [3.8, 4) is 0 Å². The maximum absolute atomic E-state index is 11.2. The topological polar surface area (TPSA) is 34.1 Å². The van der Waals surface area contributed by atoms with Crippen molar-refractivity contribution in [3.05, 3.63) is 60.2 Å². The van der Waals surface area contributed by atoms with Gasteiger partial charge in [-0.15, -0.1) is 0 Å². The zero-order valence-electron chi connectivity index (χ0n) is 11.7. The fourth-order valence-electron chi connectivity index (χ4n) is 2.27. The van der Waals surface area contributed by atoms with Gasteiger partial charge in [-0.05, 0) is 41.3 Å². The van der Waals surface area contributed by atoms with Crippen LogP contribution in [-0.2, 0) is 22.4 Å². The number of ketones is 2. The number of aryl methyl sites for hydroxylation is 1. The SMILES string of the molecule is C=CC(=O)CCc1ccc2cc(CC(C)=O)ccc2c1. The molecule has 0 aliphatic carbocycles. The average molecular weight is 266 g/mol. The molecule has 0 atom stereocenters. The Hall–Kier alpha value is -2.22. The Morgan fingerprint density at radius 2 is 1.65 bits per heavy atom. The third kappa shape index (κ3) is 3.64. The van der Waals surface area contributed by atoms with Crippen molar-refractivity contribution < 1.29 is 9.59 Å². The summed E-state index contributed by atoms with van der Waals surface area (Å²) in [5.41, 5.74) is 2.19. The van der Waals surface area contributed by atoms with Gasteiger partial charge < -0.3 is 0 Å². The minimum Gasteiger partial charge on any atom is -0.300 e. The van der Waals surface area contributed by atoms with E-state index >= 15 is 0 Å². The van der Waals surface area contributed by atoms with E-state index in [9.17, 15) is 9.59 Å². The first-order chi connectivity index (χ1) is 9.58. The van der Waals surface area contributed by atoms with Crippen LogP contribution in [0.4, 0.5) is 0 Å². The molecule has 2 aromatic carbocycles. The number of hydrogen-bond donors (Lipinski definition) is 0. The van der Waals surface area contributed by atoms with Crippen molar-refractivity contribution in [2.45, 2.75) is 26.2 Å². The van der Waals surface area contributed by atoms with Crippen LogP contribution in [0.25, 0.3) is 10.8 Å². The highest BCUT2D eigenvalue weighted by molar-refractivity contribution is 5.89. The van der Waals surface area contributed by atoms with Crippen LogP contribution in [0.3, 0.4) is 0 Å².